The van der Waals surface area contributed by atoms with Gasteiger partial charge in [-0.1, -0.05) is 30.3 Å². The van der Waals surface area contributed by atoms with Crippen molar-refractivity contribution >= 4 is 11.4 Å². The number of hydrogen-bond acceptors (Lipinski definition) is 3. The van der Waals surface area contributed by atoms with Crippen LogP contribution in [-0.4, -0.2) is 18.3 Å². The molecule has 20 heavy (non-hydrogen) atoms. The van der Waals surface area contributed by atoms with E-state index in [1.807, 2.05) is 30.3 Å². The third-order valence-corrected chi connectivity index (χ3v) is 3.00. The maximum Gasteiger partial charge on any atom is 0.184 e. The van der Waals surface area contributed by atoms with Crippen molar-refractivity contribution in [3.63, 3.8) is 0 Å². The Morgan fingerprint density at radius 1 is 1.05 bits per heavy atom. The molecule has 3 N–H and O–H groups in total. The van der Waals surface area contributed by atoms with Crippen molar-refractivity contribution in [1.82, 2.24) is 0 Å². The van der Waals surface area contributed by atoms with Gasteiger partial charge in [0.05, 0.1) is 18.0 Å². The molecule has 0 heterocycles. The molecule has 0 aliphatic carbocycles. The van der Waals surface area contributed by atoms with Crippen LogP contribution in [0.4, 0.5) is 20.2 Å². The third-order valence-electron chi connectivity index (χ3n) is 3.00. The molecule has 0 fully saturated rings. The van der Waals surface area contributed by atoms with Crippen molar-refractivity contribution in [2.45, 2.75) is 6.54 Å². The Morgan fingerprint density at radius 2 is 1.75 bits per heavy atom. The Hall–Kier alpha value is -2.14. The number of rotatable bonds is 5. The van der Waals surface area contributed by atoms with Crippen molar-refractivity contribution in [3.05, 3.63) is 59.7 Å². The SMILES string of the molecule is Nc1ccc(F)c(F)c1N(CCO)Cc1ccccc1. The fourth-order valence-electron chi connectivity index (χ4n) is 2.07. The van der Waals surface area contributed by atoms with Crippen LogP contribution in [0.25, 0.3) is 0 Å². The minimum absolute atomic E-state index is 0.0112. The number of anilines is 2. The summed E-state index contributed by atoms with van der Waals surface area (Å²) in [6.07, 6.45) is 0. The van der Waals surface area contributed by atoms with Crippen LogP contribution in [-0.2, 0) is 6.54 Å². The first-order valence-corrected chi connectivity index (χ1v) is 6.26. The molecule has 2 rings (SSSR count). The number of aliphatic hydroxyl groups is 1. The highest BCUT2D eigenvalue weighted by Crippen LogP contribution is 2.29. The van der Waals surface area contributed by atoms with Gasteiger partial charge in [-0.3, -0.25) is 0 Å². The van der Waals surface area contributed by atoms with Crippen molar-refractivity contribution in [1.29, 1.82) is 0 Å². The van der Waals surface area contributed by atoms with E-state index in [1.165, 1.54) is 11.0 Å². The maximum atomic E-state index is 14.0. The molecule has 0 spiro atoms. The van der Waals surface area contributed by atoms with Crippen molar-refractivity contribution in [2.75, 3.05) is 23.8 Å². The van der Waals surface area contributed by atoms with Gasteiger partial charge in [-0.15, -0.1) is 0 Å². The highest BCUT2D eigenvalue weighted by atomic mass is 19.2. The summed E-state index contributed by atoms with van der Waals surface area (Å²) in [6.45, 7) is 0.327. The predicted octanol–water partition coefficient (Wildman–Crippen LogP) is 2.55. The fourth-order valence-corrected chi connectivity index (χ4v) is 2.07. The number of benzene rings is 2. The monoisotopic (exact) mass is 278 g/mol. The van der Waals surface area contributed by atoms with Crippen molar-refractivity contribution < 1.29 is 13.9 Å². The Labute approximate surface area is 116 Å². The number of nitrogens with zero attached hydrogens (tertiary/aromatic N) is 1. The molecule has 0 unspecified atom stereocenters. The first-order valence-electron chi connectivity index (χ1n) is 6.26. The van der Waals surface area contributed by atoms with Gasteiger partial charge in [-0.25, -0.2) is 8.78 Å². The molecule has 106 valence electrons. The van der Waals surface area contributed by atoms with Gasteiger partial charge in [0.1, 0.15) is 0 Å². The lowest BCUT2D eigenvalue weighted by molar-refractivity contribution is 0.301. The molecule has 0 aliphatic rings. The van der Waals surface area contributed by atoms with Crippen LogP contribution in [0.1, 0.15) is 5.56 Å². The van der Waals surface area contributed by atoms with Crippen LogP contribution in [0.2, 0.25) is 0 Å². The maximum absolute atomic E-state index is 14.0. The number of nitrogen functional groups attached to an aromatic ring is 1. The van der Waals surface area contributed by atoms with E-state index in [9.17, 15) is 8.78 Å². The lowest BCUT2D eigenvalue weighted by Gasteiger charge is -2.26. The highest BCUT2D eigenvalue weighted by molar-refractivity contribution is 5.68. The zero-order valence-electron chi connectivity index (χ0n) is 10.9. The second kappa shape index (κ2) is 6.34. The van der Waals surface area contributed by atoms with Crippen LogP contribution >= 0.6 is 0 Å². The standard InChI is InChI=1S/C15H16F2N2O/c16-12-6-7-13(18)15(14(12)17)19(8-9-20)10-11-4-2-1-3-5-11/h1-7,20H,8-10,18H2. The molecule has 5 heteroatoms. The lowest BCUT2D eigenvalue weighted by atomic mass is 10.1. The lowest BCUT2D eigenvalue weighted by Crippen LogP contribution is -2.28. The first-order chi connectivity index (χ1) is 9.63. The Bertz CT molecular complexity index is 576. The van der Waals surface area contributed by atoms with Gasteiger partial charge in [0, 0.05) is 13.1 Å². The largest absolute Gasteiger partial charge is 0.397 e. The summed E-state index contributed by atoms with van der Waals surface area (Å²) in [4.78, 5) is 1.53. The highest BCUT2D eigenvalue weighted by Gasteiger charge is 2.18. The molecular formula is C15H16F2N2O. The summed E-state index contributed by atoms with van der Waals surface area (Å²) < 4.78 is 27.3. The minimum atomic E-state index is -0.991. The van der Waals surface area contributed by atoms with Gasteiger partial charge < -0.3 is 15.7 Å². The molecule has 0 aliphatic heterocycles. The fraction of sp³-hybridized carbons (Fsp3) is 0.200. The van der Waals surface area contributed by atoms with Crippen molar-refractivity contribution in [3.8, 4) is 0 Å². The third kappa shape index (κ3) is 3.05. The van der Waals surface area contributed by atoms with E-state index in [4.69, 9.17) is 10.8 Å². The Balaban J connectivity index is 2.36. The normalized spacial score (nSPS) is 10.6. The summed E-state index contributed by atoms with van der Waals surface area (Å²) in [5.41, 5.74) is 6.80. The quantitative estimate of drug-likeness (QED) is 0.826. The van der Waals surface area contributed by atoms with Crippen LogP contribution in [0.3, 0.4) is 0 Å². The van der Waals surface area contributed by atoms with E-state index >= 15 is 0 Å². The van der Waals surface area contributed by atoms with Crippen LogP contribution in [0.5, 0.6) is 0 Å². The topological polar surface area (TPSA) is 49.5 Å². The zero-order chi connectivity index (χ0) is 14.5. The van der Waals surface area contributed by atoms with Gasteiger partial charge >= 0.3 is 0 Å². The number of hydrogen-bond donors (Lipinski definition) is 2. The van der Waals surface area contributed by atoms with Gasteiger partial charge in [0.15, 0.2) is 11.6 Å². The van der Waals surface area contributed by atoms with Gasteiger partial charge in [-0.05, 0) is 17.7 Å². The molecule has 0 radical (unpaired) electrons. The van der Waals surface area contributed by atoms with Crippen molar-refractivity contribution in [2.24, 2.45) is 0 Å². The zero-order valence-corrected chi connectivity index (χ0v) is 10.9. The average molecular weight is 278 g/mol. The van der Waals surface area contributed by atoms with Crippen LogP contribution < -0.4 is 10.6 Å². The predicted molar refractivity (Wildman–Crippen MR) is 75.3 cm³/mol. The summed E-state index contributed by atoms with van der Waals surface area (Å²) in [6, 6.07) is 11.7. The summed E-state index contributed by atoms with van der Waals surface area (Å²) in [7, 11) is 0. The Kier molecular flexibility index (Phi) is 4.53. The van der Waals surface area contributed by atoms with Gasteiger partial charge in [0.2, 0.25) is 0 Å². The van der Waals surface area contributed by atoms with Gasteiger partial charge in [-0.2, -0.15) is 0 Å². The molecule has 0 bridgehead atoms. The van der Waals surface area contributed by atoms with E-state index in [0.29, 0.717) is 6.54 Å². The molecule has 0 saturated heterocycles. The molecule has 3 nitrogen and oxygen atoms in total. The summed E-state index contributed by atoms with van der Waals surface area (Å²) >= 11 is 0. The molecule has 0 aromatic heterocycles. The number of halogens is 2. The molecule has 0 saturated carbocycles. The molecule has 0 amide bonds. The second-order valence-electron chi connectivity index (χ2n) is 4.43. The van der Waals surface area contributed by atoms with E-state index < -0.39 is 11.6 Å². The van der Waals surface area contributed by atoms with E-state index in [2.05, 4.69) is 0 Å². The molecule has 2 aromatic carbocycles. The average Bonchev–Trinajstić information content (AvgIpc) is 2.45. The van der Waals surface area contributed by atoms with Crippen LogP contribution in [0, 0.1) is 11.6 Å². The van der Waals surface area contributed by atoms with E-state index in [1.54, 1.807) is 0 Å². The number of nitrogens with two attached hydrogens (primary N) is 1. The minimum Gasteiger partial charge on any atom is -0.397 e. The summed E-state index contributed by atoms with van der Waals surface area (Å²) in [5.74, 6) is -1.94. The molecular weight excluding hydrogens is 262 g/mol. The van der Waals surface area contributed by atoms with Crippen LogP contribution in [0.15, 0.2) is 42.5 Å². The van der Waals surface area contributed by atoms with Gasteiger partial charge in [0.25, 0.3) is 0 Å². The number of aliphatic hydroxyl groups excluding tert-OH is 1. The first kappa shape index (κ1) is 14.3. The molecule has 2 aromatic rings. The van der Waals surface area contributed by atoms with E-state index in [-0.39, 0.29) is 24.5 Å². The summed E-state index contributed by atoms with van der Waals surface area (Å²) in [5, 5.41) is 9.13. The Morgan fingerprint density at radius 3 is 2.40 bits per heavy atom. The van der Waals surface area contributed by atoms with E-state index in [0.717, 1.165) is 11.6 Å². The molecule has 0 atom stereocenters. The smallest absolute Gasteiger partial charge is 0.184 e. The second-order valence-corrected chi connectivity index (χ2v) is 4.43.